The van der Waals surface area contributed by atoms with Gasteiger partial charge in [-0.3, -0.25) is 4.79 Å². The third-order valence-corrected chi connectivity index (χ3v) is 8.85. The lowest BCUT2D eigenvalue weighted by atomic mass is 10.0. The SMILES string of the molecule is C=CC(=O)N1C[C@H](C)N(c2nc(=O)n(-c3c(C)cccc3S(C)(=O)=O)c3nc(-c4c(F)cccc4F)c(F)cc23)C[C@@H]1CC#N. The number of pyridine rings is 1. The molecular formula is C31H27F3N6O4S. The molecule has 0 unspecified atom stereocenters. The molecule has 2 aromatic heterocycles. The summed E-state index contributed by atoms with van der Waals surface area (Å²) in [5.41, 5.74) is -2.60. The van der Waals surface area contributed by atoms with Crippen LogP contribution in [0, 0.1) is 35.7 Å². The summed E-state index contributed by atoms with van der Waals surface area (Å²) >= 11 is 0. The average molecular weight is 637 g/mol. The van der Waals surface area contributed by atoms with E-state index in [2.05, 4.69) is 16.5 Å². The van der Waals surface area contributed by atoms with Crippen molar-refractivity contribution in [2.75, 3.05) is 24.2 Å². The van der Waals surface area contributed by atoms with Gasteiger partial charge in [0.15, 0.2) is 21.3 Å². The molecule has 232 valence electrons. The summed E-state index contributed by atoms with van der Waals surface area (Å²) in [5, 5.41) is 9.39. The van der Waals surface area contributed by atoms with Gasteiger partial charge in [-0.15, -0.1) is 0 Å². The van der Waals surface area contributed by atoms with Gasteiger partial charge in [-0.2, -0.15) is 10.2 Å². The van der Waals surface area contributed by atoms with E-state index in [0.29, 0.717) is 5.56 Å². The number of sulfone groups is 1. The molecule has 0 saturated carbocycles. The topological polar surface area (TPSA) is 129 Å². The van der Waals surface area contributed by atoms with Gasteiger partial charge in [-0.05, 0) is 49.8 Å². The number of nitrogens with zero attached hydrogens (tertiary/aromatic N) is 6. The van der Waals surface area contributed by atoms with Crippen LogP contribution in [0.4, 0.5) is 19.0 Å². The number of rotatable bonds is 6. The summed E-state index contributed by atoms with van der Waals surface area (Å²) in [7, 11) is -3.94. The second kappa shape index (κ2) is 11.8. The summed E-state index contributed by atoms with van der Waals surface area (Å²) < 4.78 is 72.2. The Morgan fingerprint density at radius 2 is 1.78 bits per heavy atom. The van der Waals surface area contributed by atoms with Gasteiger partial charge in [-0.1, -0.05) is 24.8 Å². The van der Waals surface area contributed by atoms with E-state index < -0.39 is 62.2 Å². The Labute approximate surface area is 256 Å². The summed E-state index contributed by atoms with van der Waals surface area (Å²) in [6.45, 7) is 6.94. The molecule has 2 atom stereocenters. The molecule has 1 aliphatic heterocycles. The first-order valence-electron chi connectivity index (χ1n) is 13.7. The Hall–Kier alpha value is -5.03. The van der Waals surface area contributed by atoms with E-state index in [4.69, 9.17) is 0 Å². The normalized spacial score (nSPS) is 16.9. The van der Waals surface area contributed by atoms with E-state index in [1.54, 1.807) is 24.8 Å². The Morgan fingerprint density at radius 1 is 1.11 bits per heavy atom. The van der Waals surface area contributed by atoms with Gasteiger partial charge in [0.25, 0.3) is 0 Å². The van der Waals surface area contributed by atoms with E-state index in [1.807, 2.05) is 6.07 Å². The second-order valence-electron chi connectivity index (χ2n) is 10.7. The summed E-state index contributed by atoms with van der Waals surface area (Å²) in [6.07, 6.45) is 2.02. The molecule has 0 spiro atoms. The molecule has 2 aromatic carbocycles. The fraction of sp³-hybridized carbons (Fsp3) is 0.258. The van der Waals surface area contributed by atoms with Crippen LogP contribution in [0.15, 0.2) is 64.8 Å². The molecule has 3 heterocycles. The van der Waals surface area contributed by atoms with Gasteiger partial charge < -0.3 is 9.80 Å². The number of carbonyl (C=O) groups excluding carboxylic acids is 1. The fourth-order valence-corrected chi connectivity index (χ4v) is 6.57. The number of aromatic nitrogens is 3. The number of aryl methyl sites for hydroxylation is 1. The van der Waals surface area contributed by atoms with Crippen molar-refractivity contribution in [1.29, 1.82) is 5.26 Å². The molecule has 5 rings (SSSR count). The highest BCUT2D eigenvalue weighted by Gasteiger charge is 2.36. The van der Waals surface area contributed by atoms with Crippen LogP contribution in [-0.2, 0) is 14.6 Å². The Morgan fingerprint density at radius 3 is 2.40 bits per heavy atom. The van der Waals surface area contributed by atoms with Gasteiger partial charge >= 0.3 is 5.69 Å². The maximum absolute atomic E-state index is 15.9. The van der Waals surface area contributed by atoms with Gasteiger partial charge in [-0.25, -0.2) is 35.9 Å². The molecule has 1 fully saturated rings. The molecule has 1 aliphatic rings. The first-order chi connectivity index (χ1) is 21.3. The van der Waals surface area contributed by atoms with Crippen molar-refractivity contribution in [1.82, 2.24) is 19.4 Å². The van der Waals surface area contributed by atoms with Gasteiger partial charge in [0.2, 0.25) is 5.91 Å². The number of fused-ring (bicyclic) bond motifs is 1. The van der Waals surface area contributed by atoms with Gasteiger partial charge in [0.1, 0.15) is 23.1 Å². The average Bonchev–Trinajstić information content (AvgIpc) is 2.97. The molecule has 1 saturated heterocycles. The smallest absolute Gasteiger partial charge is 0.349 e. The second-order valence-corrected chi connectivity index (χ2v) is 12.7. The molecule has 14 heteroatoms. The van der Waals surface area contributed by atoms with E-state index in [0.717, 1.165) is 41.2 Å². The Balaban J connectivity index is 1.87. The van der Waals surface area contributed by atoms with Crippen LogP contribution < -0.4 is 10.6 Å². The van der Waals surface area contributed by atoms with Crippen molar-refractivity contribution < 1.29 is 26.4 Å². The predicted molar refractivity (Wildman–Crippen MR) is 161 cm³/mol. The van der Waals surface area contributed by atoms with Gasteiger partial charge in [0.05, 0.1) is 40.1 Å². The minimum Gasteiger partial charge on any atom is -0.349 e. The molecular weight excluding hydrogens is 609 g/mol. The summed E-state index contributed by atoms with van der Waals surface area (Å²) in [5.74, 6) is -3.80. The molecule has 4 aromatic rings. The number of halogens is 3. The zero-order valence-corrected chi connectivity index (χ0v) is 25.3. The molecule has 0 radical (unpaired) electrons. The number of hydrogen-bond acceptors (Lipinski definition) is 8. The summed E-state index contributed by atoms with van der Waals surface area (Å²) in [6, 6.07) is 9.12. The van der Waals surface area contributed by atoms with Crippen LogP contribution in [0.25, 0.3) is 28.0 Å². The van der Waals surface area contributed by atoms with Crippen LogP contribution in [0.1, 0.15) is 18.9 Å². The van der Waals surface area contributed by atoms with Crippen molar-refractivity contribution in [2.24, 2.45) is 0 Å². The largest absolute Gasteiger partial charge is 0.355 e. The van der Waals surface area contributed by atoms with E-state index >= 15 is 4.39 Å². The highest BCUT2D eigenvalue weighted by molar-refractivity contribution is 7.90. The fourth-order valence-electron chi connectivity index (χ4n) is 5.64. The number of nitriles is 1. The van der Waals surface area contributed by atoms with Crippen LogP contribution in [0.3, 0.4) is 0 Å². The number of hydrogen-bond donors (Lipinski definition) is 0. The molecule has 0 bridgehead atoms. The van der Waals surface area contributed by atoms with Crippen LogP contribution in [-0.4, -0.2) is 65.2 Å². The van der Waals surface area contributed by atoms with Crippen LogP contribution in [0.2, 0.25) is 0 Å². The first-order valence-corrected chi connectivity index (χ1v) is 15.6. The van der Waals surface area contributed by atoms with Crippen molar-refractivity contribution in [3.05, 3.63) is 88.6 Å². The van der Waals surface area contributed by atoms with E-state index in [1.165, 1.54) is 17.0 Å². The third-order valence-electron chi connectivity index (χ3n) is 7.72. The standard InChI is InChI=1S/C31H27F3N6O4S/c1-5-25(41)39-15-18(3)38(16-19(39)12-13-35)29-20-14-23(34)27(26-21(32)9-7-10-22(26)33)36-30(20)40(31(42)37-29)28-17(2)8-6-11-24(28)45(4,43)44/h5-11,14,18-19H,1,12,15-16H2,2-4H3/t18-,19-/m0/s1. The lowest BCUT2D eigenvalue weighted by Crippen LogP contribution is -2.59. The third kappa shape index (κ3) is 5.55. The molecule has 10 nitrogen and oxygen atoms in total. The first kappa shape index (κ1) is 31.4. The zero-order chi connectivity index (χ0) is 32.8. The number of piperazine rings is 1. The minimum absolute atomic E-state index is 0.0180. The number of carbonyl (C=O) groups is 1. The molecule has 0 aliphatic carbocycles. The Bertz CT molecular complexity index is 2070. The lowest BCUT2D eigenvalue weighted by Gasteiger charge is -2.45. The van der Waals surface area contributed by atoms with Gasteiger partial charge in [0, 0.05) is 25.4 Å². The quantitative estimate of drug-likeness (QED) is 0.290. The predicted octanol–water partition coefficient (Wildman–Crippen LogP) is 4.08. The van der Waals surface area contributed by atoms with E-state index in [9.17, 15) is 32.0 Å². The Kier molecular flexibility index (Phi) is 8.24. The van der Waals surface area contributed by atoms with Crippen molar-refractivity contribution in [3.8, 4) is 23.0 Å². The highest BCUT2D eigenvalue weighted by atomic mass is 32.2. The maximum atomic E-state index is 15.9. The number of benzene rings is 2. The molecule has 1 amide bonds. The zero-order valence-electron chi connectivity index (χ0n) is 24.5. The number of para-hydroxylation sites is 1. The lowest BCUT2D eigenvalue weighted by molar-refractivity contribution is -0.129. The van der Waals surface area contributed by atoms with Crippen molar-refractivity contribution in [2.45, 2.75) is 37.2 Å². The van der Waals surface area contributed by atoms with E-state index in [-0.39, 0.29) is 46.9 Å². The molecule has 0 N–H and O–H groups in total. The monoisotopic (exact) mass is 636 g/mol. The van der Waals surface area contributed by atoms with Crippen LogP contribution >= 0.6 is 0 Å². The summed E-state index contributed by atoms with van der Waals surface area (Å²) in [4.78, 5) is 37.9. The maximum Gasteiger partial charge on any atom is 0.355 e. The van der Waals surface area contributed by atoms with Crippen LogP contribution in [0.5, 0.6) is 0 Å². The highest BCUT2D eigenvalue weighted by Crippen LogP contribution is 2.35. The minimum atomic E-state index is -3.94. The van der Waals surface area contributed by atoms with Crippen molar-refractivity contribution in [3.63, 3.8) is 0 Å². The number of anilines is 1. The molecule has 45 heavy (non-hydrogen) atoms. The van der Waals surface area contributed by atoms with Crippen molar-refractivity contribution >= 4 is 32.6 Å². The number of amides is 1.